The van der Waals surface area contributed by atoms with Crippen LogP contribution in [0.1, 0.15) is 21.8 Å². The number of nitrogens with one attached hydrogen (secondary N) is 3. The Labute approximate surface area is 253 Å². The monoisotopic (exact) mass is 673 g/mol. The molecule has 4 rings (SSSR count). The van der Waals surface area contributed by atoms with E-state index >= 15 is 0 Å². The Bertz CT molecular complexity index is 1570. The Balaban J connectivity index is 1.56. The van der Waals surface area contributed by atoms with Crippen molar-refractivity contribution in [1.29, 1.82) is 0 Å². The first-order valence-corrected chi connectivity index (χ1v) is 13.0. The van der Waals surface area contributed by atoms with Gasteiger partial charge in [-0.3, -0.25) is 14.4 Å². The van der Waals surface area contributed by atoms with Crippen molar-refractivity contribution in [1.82, 2.24) is 0 Å². The summed E-state index contributed by atoms with van der Waals surface area (Å²) in [6.45, 7) is 0. The zero-order valence-corrected chi connectivity index (χ0v) is 23.6. The molecular formula is C25H13Cl5F5N3O3. The van der Waals surface area contributed by atoms with Gasteiger partial charge in [-0.25, -0.2) is 13.2 Å². The summed E-state index contributed by atoms with van der Waals surface area (Å²) in [6.07, 6.45) is -3.58. The quantitative estimate of drug-likeness (QED) is 0.175. The van der Waals surface area contributed by atoms with Crippen molar-refractivity contribution < 1.29 is 36.3 Å². The molecule has 3 aromatic rings. The molecule has 216 valence electrons. The first-order valence-electron chi connectivity index (χ1n) is 11.1. The summed E-state index contributed by atoms with van der Waals surface area (Å²) < 4.78 is 66.8. The second-order valence-corrected chi connectivity index (χ2v) is 11.4. The van der Waals surface area contributed by atoms with Crippen LogP contribution >= 0.6 is 58.0 Å². The molecule has 0 saturated heterocycles. The number of amides is 3. The average molecular weight is 676 g/mol. The Morgan fingerprint density at radius 2 is 1.46 bits per heavy atom. The third kappa shape index (κ3) is 6.49. The molecule has 1 saturated carbocycles. The third-order valence-corrected chi connectivity index (χ3v) is 7.67. The SMILES string of the molecule is O=C(Nc1ccc(F)c(NC(=O)C(F)F)c1F)c1cc(NC(=O)C2[C@H](c3cc(Cl)cc(Cl)c3)C2(Cl)Cl)cc(F)c1Cl. The van der Waals surface area contributed by atoms with Gasteiger partial charge < -0.3 is 16.0 Å². The number of alkyl halides is 4. The molecule has 1 unspecified atom stereocenters. The van der Waals surface area contributed by atoms with E-state index in [-0.39, 0.29) is 15.7 Å². The molecule has 0 aliphatic heterocycles. The van der Waals surface area contributed by atoms with E-state index in [9.17, 15) is 36.3 Å². The van der Waals surface area contributed by atoms with Crippen molar-refractivity contribution in [3.8, 4) is 0 Å². The molecule has 41 heavy (non-hydrogen) atoms. The van der Waals surface area contributed by atoms with Crippen molar-refractivity contribution in [2.24, 2.45) is 5.92 Å². The summed E-state index contributed by atoms with van der Waals surface area (Å²) in [5.74, 6) is -9.91. The van der Waals surface area contributed by atoms with E-state index in [4.69, 9.17) is 58.0 Å². The molecule has 6 nitrogen and oxygen atoms in total. The molecule has 3 amide bonds. The number of rotatable bonds is 7. The van der Waals surface area contributed by atoms with Gasteiger partial charge in [0.25, 0.3) is 11.8 Å². The Kier molecular flexibility index (Phi) is 8.96. The molecule has 1 fully saturated rings. The number of halogens is 10. The fourth-order valence-electron chi connectivity index (χ4n) is 4.00. The van der Waals surface area contributed by atoms with Crippen molar-refractivity contribution in [2.45, 2.75) is 16.7 Å². The van der Waals surface area contributed by atoms with Crippen LogP contribution in [0.15, 0.2) is 42.5 Å². The van der Waals surface area contributed by atoms with Crippen LogP contribution in [-0.4, -0.2) is 28.5 Å². The second kappa shape index (κ2) is 11.8. The molecule has 3 N–H and O–H groups in total. The highest BCUT2D eigenvalue weighted by Gasteiger charge is 2.67. The first-order chi connectivity index (χ1) is 19.1. The summed E-state index contributed by atoms with van der Waals surface area (Å²) >= 11 is 30.6. The van der Waals surface area contributed by atoms with Gasteiger partial charge in [-0.1, -0.05) is 34.8 Å². The molecule has 16 heteroatoms. The standard InChI is InChI=1S/C25H13Cl5F5N3O3/c26-9-3-8(4-10(27)5-9)16-17(25(16,29)30)23(40)36-11-6-12(18(28)14(32)7-11)22(39)37-15-2-1-13(31)20(19(15)33)38-24(41)21(34)35/h1-7,16-17,21H,(H,36,40)(H,37,39)(H,38,41)/t16-,17?/m0/s1. The highest BCUT2D eigenvalue weighted by Crippen LogP contribution is 2.65. The van der Waals surface area contributed by atoms with E-state index in [1.807, 2.05) is 5.32 Å². The van der Waals surface area contributed by atoms with E-state index in [2.05, 4.69) is 5.32 Å². The number of hydrogen-bond donors (Lipinski definition) is 3. The first kappa shape index (κ1) is 31.1. The lowest BCUT2D eigenvalue weighted by molar-refractivity contribution is -0.126. The fraction of sp³-hybridized carbons (Fsp3) is 0.160. The highest BCUT2D eigenvalue weighted by atomic mass is 35.5. The minimum absolute atomic E-state index is 0.259. The normalized spacial score (nSPS) is 17.2. The molecule has 1 aliphatic carbocycles. The Morgan fingerprint density at radius 1 is 0.829 bits per heavy atom. The summed E-state index contributed by atoms with van der Waals surface area (Å²) in [7, 11) is 0. The molecular weight excluding hydrogens is 663 g/mol. The summed E-state index contributed by atoms with van der Waals surface area (Å²) in [5.41, 5.74) is -2.40. The lowest BCUT2D eigenvalue weighted by Crippen LogP contribution is -2.22. The van der Waals surface area contributed by atoms with Crippen LogP contribution in [-0.2, 0) is 9.59 Å². The average Bonchev–Trinajstić information content (AvgIpc) is 3.46. The van der Waals surface area contributed by atoms with E-state index in [0.29, 0.717) is 11.6 Å². The number of anilines is 3. The maximum atomic E-state index is 14.7. The zero-order chi connectivity index (χ0) is 30.4. The molecule has 0 aromatic heterocycles. The topological polar surface area (TPSA) is 87.3 Å². The largest absolute Gasteiger partial charge is 0.326 e. The molecule has 2 atom stereocenters. The van der Waals surface area contributed by atoms with E-state index in [1.54, 1.807) is 0 Å². The molecule has 0 spiro atoms. The predicted molar refractivity (Wildman–Crippen MR) is 146 cm³/mol. The fourth-order valence-corrected chi connectivity index (χ4v) is 5.57. The highest BCUT2D eigenvalue weighted by molar-refractivity contribution is 6.53. The van der Waals surface area contributed by atoms with Crippen LogP contribution in [0.25, 0.3) is 0 Å². The van der Waals surface area contributed by atoms with Gasteiger partial charge >= 0.3 is 6.43 Å². The van der Waals surface area contributed by atoms with Gasteiger partial charge in [0.2, 0.25) is 5.91 Å². The van der Waals surface area contributed by atoms with Crippen molar-refractivity contribution in [3.63, 3.8) is 0 Å². The van der Waals surface area contributed by atoms with Gasteiger partial charge in [0, 0.05) is 21.7 Å². The van der Waals surface area contributed by atoms with Gasteiger partial charge in [0.05, 0.1) is 22.2 Å². The summed E-state index contributed by atoms with van der Waals surface area (Å²) in [5, 5.41) is 5.56. The number of hydrogen-bond acceptors (Lipinski definition) is 3. The van der Waals surface area contributed by atoms with Gasteiger partial charge in [-0.15, -0.1) is 23.2 Å². The summed E-state index contributed by atoms with van der Waals surface area (Å²) in [4.78, 5) is 37.0. The summed E-state index contributed by atoms with van der Waals surface area (Å²) in [6, 6.07) is 7.58. The van der Waals surface area contributed by atoms with E-state index in [0.717, 1.165) is 18.2 Å². The van der Waals surface area contributed by atoms with Gasteiger partial charge in [-0.05, 0) is 48.0 Å². The van der Waals surface area contributed by atoms with Crippen molar-refractivity contribution in [2.75, 3.05) is 16.0 Å². The second-order valence-electron chi connectivity index (χ2n) is 8.67. The maximum absolute atomic E-state index is 14.7. The van der Waals surface area contributed by atoms with E-state index < -0.39 is 79.7 Å². The zero-order valence-electron chi connectivity index (χ0n) is 19.8. The Hall–Kier alpha value is -2.83. The van der Waals surface area contributed by atoms with Crippen LogP contribution in [0.3, 0.4) is 0 Å². The number of benzene rings is 3. The molecule has 0 bridgehead atoms. The molecule has 0 radical (unpaired) electrons. The van der Waals surface area contributed by atoms with Crippen LogP contribution in [0, 0.1) is 23.4 Å². The molecule has 0 heterocycles. The van der Waals surface area contributed by atoms with Gasteiger partial charge in [-0.2, -0.15) is 8.78 Å². The van der Waals surface area contributed by atoms with Crippen LogP contribution in [0.5, 0.6) is 0 Å². The van der Waals surface area contributed by atoms with Gasteiger partial charge in [0.1, 0.15) is 21.7 Å². The molecule has 1 aliphatic rings. The minimum atomic E-state index is -3.58. The minimum Gasteiger partial charge on any atom is -0.326 e. The molecule has 3 aromatic carbocycles. The van der Waals surface area contributed by atoms with E-state index in [1.165, 1.54) is 23.5 Å². The Morgan fingerprint density at radius 3 is 2.07 bits per heavy atom. The predicted octanol–water partition coefficient (Wildman–Crippen LogP) is 8.05. The van der Waals surface area contributed by atoms with Gasteiger partial charge in [0.15, 0.2) is 5.82 Å². The number of carbonyl (C=O) groups excluding carboxylic acids is 3. The van der Waals surface area contributed by atoms with Crippen molar-refractivity contribution >= 4 is 92.8 Å². The lowest BCUT2D eigenvalue weighted by Gasteiger charge is -2.14. The van der Waals surface area contributed by atoms with Crippen LogP contribution in [0.2, 0.25) is 15.1 Å². The lowest BCUT2D eigenvalue weighted by atomic mass is 10.1. The third-order valence-electron chi connectivity index (χ3n) is 5.91. The maximum Gasteiger partial charge on any atom is 0.315 e. The van der Waals surface area contributed by atoms with Crippen LogP contribution in [0.4, 0.5) is 39.0 Å². The number of carbonyl (C=O) groups is 3. The van der Waals surface area contributed by atoms with Crippen molar-refractivity contribution in [3.05, 3.63) is 86.1 Å². The smallest absolute Gasteiger partial charge is 0.315 e. The van der Waals surface area contributed by atoms with Crippen LogP contribution < -0.4 is 16.0 Å².